The van der Waals surface area contributed by atoms with Gasteiger partial charge in [0.15, 0.2) is 5.96 Å². The Kier molecular flexibility index (Phi) is 7.31. The van der Waals surface area contributed by atoms with E-state index in [9.17, 15) is 8.78 Å². The fraction of sp³-hybridized carbons (Fsp3) is 0.444. The monoisotopic (exact) mass is 366 g/mol. The van der Waals surface area contributed by atoms with E-state index in [-0.39, 0.29) is 0 Å². The molecule has 0 aliphatic rings. The van der Waals surface area contributed by atoms with Gasteiger partial charge in [0.25, 0.3) is 0 Å². The Bertz CT molecular complexity index is 693. The maximum absolute atomic E-state index is 13.2. The summed E-state index contributed by atoms with van der Waals surface area (Å²) in [6, 6.07) is 3.57. The highest BCUT2D eigenvalue weighted by Crippen LogP contribution is 2.18. The summed E-state index contributed by atoms with van der Waals surface area (Å²) in [7, 11) is 0. The lowest BCUT2D eigenvalue weighted by Gasteiger charge is -2.11. The number of nitrogens with zero attached hydrogens (tertiary/aromatic N) is 2. The fourth-order valence-corrected chi connectivity index (χ4v) is 3.11. The van der Waals surface area contributed by atoms with Gasteiger partial charge in [0.2, 0.25) is 0 Å². The summed E-state index contributed by atoms with van der Waals surface area (Å²) in [4.78, 5) is 9.08. The van der Waals surface area contributed by atoms with Crippen LogP contribution in [0.25, 0.3) is 0 Å². The number of thiazole rings is 1. The normalized spacial score (nSPS) is 11.8. The first-order chi connectivity index (χ1) is 12.0. The van der Waals surface area contributed by atoms with Crippen LogP contribution in [0.3, 0.4) is 0 Å². The van der Waals surface area contributed by atoms with Crippen molar-refractivity contribution in [3.63, 3.8) is 0 Å². The molecule has 25 heavy (non-hydrogen) atoms. The van der Waals surface area contributed by atoms with Gasteiger partial charge in [-0.2, -0.15) is 0 Å². The molecular formula is C18H24F2N4S. The van der Waals surface area contributed by atoms with Crippen LogP contribution in [0, 0.1) is 11.6 Å². The lowest BCUT2D eigenvalue weighted by molar-refractivity contribution is 0.579. The maximum atomic E-state index is 13.2. The summed E-state index contributed by atoms with van der Waals surface area (Å²) in [6.07, 6.45) is 0.508. The predicted octanol–water partition coefficient (Wildman–Crippen LogP) is 3.84. The van der Waals surface area contributed by atoms with Crippen molar-refractivity contribution in [2.24, 2.45) is 4.99 Å². The average Bonchev–Trinajstić information content (AvgIpc) is 3.01. The first-order valence-electron chi connectivity index (χ1n) is 8.39. The van der Waals surface area contributed by atoms with E-state index in [1.165, 1.54) is 12.1 Å². The van der Waals surface area contributed by atoms with Crippen LogP contribution in [0.5, 0.6) is 0 Å². The minimum absolute atomic E-state index is 0.409. The second-order valence-corrected chi connectivity index (χ2v) is 6.91. The third kappa shape index (κ3) is 6.42. The first kappa shape index (κ1) is 19.3. The fourth-order valence-electron chi connectivity index (χ4n) is 2.23. The third-order valence-electron chi connectivity index (χ3n) is 3.51. The Hall–Kier alpha value is -2.02. The summed E-state index contributed by atoms with van der Waals surface area (Å²) < 4.78 is 26.4. The maximum Gasteiger partial charge on any atom is 0.191 e. The second-order valence-electron chi connectivity index (χ2n) is 5.97. The zero-order valence-electron chi connectivity index (χ0n) is 14.8. The molecule has 0 bridgehead atoms. The molecule has 2 aromatic rings. The van der Waals surface area contributed by atoms with E-state index in [1.54, 1.807) is 11.3 Å². The Labute approximate surface area is 151 Å². The number of benzene rings is 1. The topological polar surface area (TPSA) is 49.3 Å². The van der Waals surface area contributed by atoms with Gasteiger partial charge in [-0.25, -0.2) is 18.8 Å². The standard InChI is InChI=1S/C18H24F2N4S/c1-4-21-18(23-10-17-24-16(11-25-17)12(2)3)22-6-5-13-7-14(19)9-15(20)8-13/h7-9,11-12H,4-6,10H2,1-3H3,(H2,21,22,23). The number of aromatic nitrogens is 1. The minimum Gasteiger partial charge on any atom is -0.357 e. The van der Waals surface area contributed by atoms with Gasteiger partial charge in [-0.15, -0.1) is 11.3 Å². The average molecular weight is 366 g/mol. The number of hydrogen-bond donors (Lipinski definition) is 2. The molecule has 0 saturated heterocycles. The van der Waals surface area contributed by atoms with Crippen molar-refractivity contribution in [3.05, 3.63) is 51.5 Å². The van der Waals surface area contributed by atoms with Crippen LogP contribution in [0.15, 0.2) is 28.6 Å². The van der Waals surface area contributed by atoms with Gasteiger partial charge in [0, 0.05) is 24.5 Å². The molecular weight excluding hydrogens is 342 g/mol. The molecule has 7 heteroatoms. The first-order valence-corrected chi connectivity index (χ1v) is 9.27. The van der Waals surface area contributed by atoms with E-state index < -0.39 is 11.6 Å². The highest BCUT2D eigenvalue weighted by molar-refractivity contribution is 7.09. The van der Waals surface area contributed by atoms with Crippen LogP contribution in [-0.2, 0) is 13.0 Å². The van der Waals surface area contributed by atoms with Crippen molar-refractivity contribution < 1.29 is 8.78 Å². The van der Waals surface area contributed by atoms with E-state index in [1.807, 2.05) is 6.92 Å². The van der Waals surface area contributed by atoms with Crippen LogP contribution in [-0.4, -0.2) is 24.0 Å². The van der Waals surface area contributed by atoms with Gasteiger partial charge in [0.1, 0.15) is 16.6 Å². The zero-order chi connectivity index (χ0) is 18.2. The summed E-state index contributed by atoms with van der Waals surface area (Å²) in [5.41, 5.74) is 1.70. The largest absolute Gasteiger partial charge is 0.357 e. The van der Waals surface area contributed by atoms with E-state index in [0.29, 0.717) is 37.0 Å². The van der Waals surface area contributed by atoms with Crippen molar-refractivity contribution in [3.8, 4) is 0 Å². The van der Waals surface area contributed by atoms with Crippen LogP contribution in [0.1, 0.15) is 43.0 Å². The van der Waals surface area contributed by atoms with Crippen molar-refractivity contribution in [2.75, 3.05) is 13.1 Å². The molecule has 1 aromatic carbocycles. The molecule has 0 saturated carbocycles. The number of guanidine groups is 1. The predicted molar refractivity (Wildman–Crippen MR) is 99.1 cm³/mol. The molecule has 1 aromatic heterocycles. The number of rotatable bonds is 7. The molecule has 136 valence electrons. The van der Waals surface area contributed by atoms with Crippen LogP contribution < -0.4 is 10.6 Å². The number of nitrogens with one attached hydrogen (secondary N) is 2. The number of halogens is 2. The highest BCUT2D eigenvalue weighted by Gasteiger charge is 2.06. The summed E-state index contributed by atoms with van der Waals surface area (Å²) in [6.45, 7) is 7.98. The summed E-state index contributed by atoms with van der Waals surface area (Å²) in [5.74, 6) is -0.0340. The molecule has 0 radical (unpaired) electrons. The molecule has 0 amide bonds. The van der Waals surface area contributed by atoms with Gasteiger partial charge in [-0.3, -0.25) is 0 Å². The third-order valence-corrected chi connectivity index (χ3v) is 4.36. The lowest BCUT2D eigenvalue weighted by atomic mass is 10.1. The molecule has 0 unspecified atom stereocenters. The van der Waals surface area contributed by atoms with Crippen molar-refractivity contribution in [2.45, 2.75) is 39.7 Å². The summed E-state index contributed by atoms with van der Waals surface area (Å²) in [5, 5.41) is 9.37. The second kappa shape index (κ2) is 9.46. The van der Waals surface area contributed by atoms with Gasteiger partial charge < -0.3 is 10.6 Å². The van der Waals surface area contributed by atoms with Crippen molar-refractivity contribution in [1.82, 2.24) is 15.6 Å². The van der Waals surface area contributed by atoms with Crippen LogP contribution >= 0.6 is 11.3 Å². The Morgan fingerprint density at radius 3 is 2.52 bits per heavy atom. The van der Waals surface area contributed by atoms with Crippen LogP contribution in [0.2, 0.25) is 0 Å². The van der Waals surface area contributed by atoms with Crippen LogP contribution in [0.4, 0.5) is 8.78 Å². The van der Waals surface area contributed by atoms with Gasteiger partial charge in [0.05, 0.1) is 12.2 Å². The molecule has 4 nitrogen and oxygen atoms in total. The van der Waals surface area contributed by atoms with E-state index in [4.69, 9.17) is 0 Å². The lowest BCUT2D eigenvalue weighted by Crippen LogP contribution is -2.38. The molecule has 0 aliphatic carbocycles. The van der Waals surface area contributed by atoms with Crippen molar-refractivity contribution in [1.29, 1.82) is 0 Å². The van der Waals surface area contributed by atoms with Gasteiger partial charge >= 0.3 is 0 Å². The quantitative estimate of drug-likeness (QED) is 0.578. The SMILES string of the molecule is CCNC(=NCc1nc(C(C)C)cs1)NCCc1cc(F)cc(F)c1. The summed E-state index contributed by atoms with van der Waals surface area (Å²) >= 11 is 1.60. The Morgan fingerprint density at radius 2 is 1.92 bits per heavy atom. The molecule has 2 N–H and O–H groups in total. The molecule has 0 aliphatic heterocycles. The Balaban J connectivity index is 1.90. The van der Waals surface area contributed by atoms with E-state index >= 15 is 0 Å². The van der Waals surface area contributed by atoms with E-state index in [0.717, 1.165) is 23.3 Å². The molecule has 1 heterocycles. The smallest absolute Gasteiger partial charge is 0.191 e. The number of hydrogen-bond acceptors (Lipinski definition) is 3. The zero-order valence-corrected chi connectivity index (χ0v) is 15.6. The molecule has 0 fully saturated rings. The molecule has 2 rings (SSSR count). The highest BCUT2D eigenvalue weighted by atomic mass is 32.1. The minimum atomic E-state index is -0.555. The molecule has 0 atom stereocenters. The molecule has 0 spiro atoms. The van der Waals surface area contributed by atoms with Crippen molar-refractivity contribution >= 4 is 17.3 Å². The van der Waals surface area contributed by atoms with E-state index in [2.05, 4.69) is 39.8 Å². The van der Waals surface area contributed by atoms with Gasteiger partial charge in [-0.05, 0) is 37.0 Å². The van der Waals surface area contributed by atoms with Gasteiger partial charge in [-0.1, -0.05) is 13.8 Å². The Morgan fingerprint density at radius 1 is 1.20 bits per heavy atom. The number of aliphatic imine (C=N–C) groups is 1.